The zero-order chi connectivity index (χ0) is 24.8. The molecule has 0 radical (unpaired) electrons. The molecule has 0 bridgehead atoms. The van der Waals surface area contributed by atoms with Gasteiger partial charge in [-0.1, -0.05) is 32.9 Å². The molecule has 184 valence electrons. The predicted octanol–water partition coefficient (Wildman–Crippen LogP) is 4.57. The van der Waals surface area contributed by atoms with Crippen LogP contribution in [0.3, 0.4) is 0 Å². The number of nitrogens with zero attached hydrogens (tertiary/aromatic N) is 4. The number of benzene rings is 2. The fraction of sp³-hybridized carbons (Fsp3) is 0.393. The molecule has 0 N–H and O–H groups in total. The normalized spacial score (nSPS) is 14.1. The highest BCUT2D eigenvalue weighted by Gasteiger charge is 2.22. The number of aromatic nitrogens is 2. The maximum atomic E-state index is 12.7. The van der Waals surface area contributed by atoms with E-state index in [2.05, 4.69) is 48.0 Å². The molecular formula is C28H34N4O3. The molecule has 7 nitrogen and oxygen atoms in total. The molecule has 1 fully saturated rings. The maximum absolute atomic E-state index is 12.7. The van der Waals surface area contributed by atoms with Crippen molar-refractivity contribution in [3.05, 3.63) is 66.2 Å². The number of anilines is 1. The average molecular weight is 475 g/mol. The summed E-state index contributed by atoms with van der Waals surface area (Å²) in [7, 11) is 0. The number of rotatable bonds is 7. The van der Waals surface area contributed by atoms with Gasteiger partial charge in [0.15, 0.2) is 12.4 Å². The highest BCUT2D eigenvalue weighted by Crippen LogP contribution is 2.25. The molecule has 1 amide bonds. The molecule has 1 aliphatic rings. The van der Waals surface area contributed by atoms with Crippen molar-refractivity contribution in [3.8, 4) is 22.8 Å². The fourth-order valence-electron chi connectivity index (χ4n) is 4.01. The summed E-state index contributed by atoms with van der Waals surface area (Å²) < 4.78 is 11.2. The van der Waals surface area contributed by atoms with Crippen LogP contribution in [0.15, 0.2) is 60.7 Å². The minimum atomic E-state index is 0.00137. The van der Waals surface area contributed by atoms with E-state index in [1.54, 1.807) is 0 Å². The lowest BCUT2D eigenvalue weighted by atomic mass is 9.87. The highest BCUT2D eigenvalue weighted by atomic mass is 16.5. The predicted molar refractivity (Wildman–Crippen MR) is 138 cm³/mol. The third-order valence-corrected chi connectivity index (χ3v) is 6.15. The Morgan fingerprint density at radius 3 is 2.03 bits per heavy atom. The first-order chi connectivity index (χ1) is 16.8. The summed E-state index contributed by atoms with van der Waals surface area (Å²) in [5.74, 6) is 2.38. The Hall–Kier alpha value is -3.61. The monoisotopic (exact) mass is 474 g/mol. The van der Waals surface area contributed by atoms with Gasteiger partial charge in [0.2, 0.25) is 0 Å². The molecule has 0 saturated carbocycles. The van der Waals surface area contributed by atoms with Crippen molar-refractivity contribution in [2.24, 2.45) is 0 Å². The molecule has 0 aliphatic carbocycles. The number of carbonyl (C=O) groups is 1. The zero-order valence-corrected chi connectivity index (χ0v) is 21.0. The highest BCUT2D eigenvalue weighted by molar-refractivity contribution is 5.78. The molecule has 3 aromatic rings. The van der Waals surface area contributed by atoms with Crippen molar-refractivity contribution in [3.63, 3.8) is 0 Å². The van der Waals surface area contributed by atoms with E-state index in [0.29, 0.717) is 38.5 Å². The molecule has 1 aromatic heterocycles. The van der Waals surface area contributed by atoms with Crippen LogP contribution in [0, 0.1) is 0 Å². The van der Waals surface area contributed by atoms with Crippen molar-refractivity contribution in [2.45, 2.75) is 33.1 Å². The zero-order valence-electron chi connectivity index (χ0n) is 21.0. The SMILES string of the molecule is CCOc1ccc(-c2ccc(N3CCN(C(=O)COc4ccc(C(C)(C)C)cc4)CC3)nn2)cc1. The number of hydrogen-bond donors (Lipinski definition) is 0. The first-order valence-electron chi connectivity index (χ1n) is 12.2. The van der Waals surface area contributed by atoms with Gasteiger partial charge in [-0.15, -0.1) is 10.2 Å². The Bertz CT molecular complexity index is 1100. The second-order valence-electron chi connectivity index (χ2n) is 9.67. The summed E-state index contributed by atoms with van der Waals surface area (Å²) in [5, 5.41) is 8.83. The van der Waals surface area contributed by atoms with E-state index in [1.807, 2.05) is 60.4 Å². The van der Waals surface area contributed by atoms with Crippen LogP contribution in [0.1, 0.15) is 33.3 Å². The Morgan fingerprint density at radius 2 is 1.46 bits per heavy atom. The van der Waals surface area contributed by atoms with E-state index >= 15 is 0 Å². The van der Waals surface area contributed by atoms with Crippen LogP contribution in [0.25, 0.3) is 11.3 Å². The Morgan fingerprint density at radius 1 is 0.829 bits per heavy atom. The van der Waals surface area contributed by atoms with Gasteiger partial charge in [-0.25, -0.2) is 0 Å². The Labute approximate surface area is 207 Å². The summed E-state index contributed by atoms with van der Waals surface area (Å²) in [6.07, 6.45) is 0. The van der Waals surface area contributed by atoms with Crippen molar-refractivity contribution in [2.75, 3.05) is 44.3 Å². The lowest BCUT2D eigenvalue weighted by molar-refractivity contribution is -0.133. The molecular weight excluding hydrogens is 440 g/mol. The summed E-state index contributed by atoms with van der Waals surface area (Å²) >= 11 is 0. The van der Waals surface area contributed by atoms with Gasteiger partial charge in [0.05, 0.1) is 12.3 Å². The van der Waals surface area contributed by atoms with Crippen LogP contribution in [0.4, 0.5) is 5.82 Å². The summed E-state index contributed by atoms with van der Waals surface area (Å²) in [6.45, 7) is 11.9. The molecule has 7 heteroatoms. The molecule has 0 spiro atoms. The molecule has 0 atom stereocenters. The second kappa shape index (κ2) is 10.8. The number of ether oxygens (including phenoxy) is 2. The number of hydrogen-bond acceptors (Lipinski definition) is 6. The summed E-state index contributed by atoms with van der Waals surface area (Å²) in [4.78, 5) is 16.7. The Kier molecular flexibility index (Phi) is 7.54. The van der Waals surface area contributed by atoms with E-state index in [-0.39, 0.29) is 17.9 Å². The van der Waals surface area contributed by atoms with Gasteiger partial charge in [0.25, 0.3) is 5.91 Å². The van der Waals surface area contributed by atoms with Gasteiger partial charge in [-0.2, -0.15) is 0 Å². The van der Waals surface area contributed by atoms with Crippen molar-refractivity contribution >= 4 is 11.7 Å². The minimum absolute atomic E-state index is 0.00137. The van der Waals surface area contributed by atoms with Crippen LogP contribution < -0.4 is 14.4 Å². The van der Waals surface area contributed by atoms with E-state index in [4.69, 9.17) is 9.47 Å². The van der Waals surface area contributed by atoms with Crippen molar-refractivity contribution in [1.29, 1.82) is 0 Å². The number of carbonyl (C=O) groups excluding carboxylic acids is 1. The lowest BCUT2D eigenvalue weighted by Gasteiger charge is -2.35. The summed E-state index contributed by atoms with van der Waals surface area (Å²) in [6, 6.07) is 19.8. The van der Waals surface area contributed by atoms with Gasteiger partial charge in [0, 0.05) is 31.7 Å². The quantitative estimate of drug-likeness (QED) is 0.500. The van der Waals surface area contributed by atoms with Crippen LogP contribution in [-0.4, -0.2) is 60.4 Å². The number of piperazine rings is 1. The van der Waals surface area contributed by atoms with Crippen LogP contribution in [0.2, 0.25) is 0 Å². The van der Waals surface area contributed by atoms with E-state index in [0.717, 1.165) is 22.8 Å². The van der Waals surface area contributed by atoms with Crippen LogP contribution >= 0.6 is 0 Å². The smallest absolute Gasteiger partial charge is 0.260 e. The largest absolute Gasteiger partial charge is 0.494 e. The van der Waals surface area contributed by atoms with Crippen molar-refractivity contribution in [1.82, 2.24) is 15.1 Å². The summed E-state index contributed by atoms with van der Waals surface area (Å²) in [5.41, 5.74) is 3.14. The lowest BCUT2D eigenvalue weighted by Crippen LogP contribution is -2.50. The first kappa shape index (κ1) is 24.5. The molecule has 2 aromatic carbocycles. The topological polar surface area (TPSA) is 67.8 Å². The van der Waals surface area contributed by atoms with Crippen LogP contribution in [-0.2, 0) is 10.2 Å². The molecule has 4 rings (SSSR count). The minimum Gasteiger partial charge on any atom is -0.494 e. The molecule has 1 saturated heterocycles. The van der Waals surface area contributed by atoms with E-state index in [1.165, 1.54) is 5.56 Å². The third-order valence-electron chi connectivity index (χ3n) is 6.15. The van der Waals surface area contributed by atoms with Crippen LogP contribution in [0.5, 0.6) is 11.5 Å². The standard InChI is InChI=1S/C28H34N4O3/c1-5-34-23-10-6-21(7-11-23)25-14-15-26(30-29-25)31-16-18-32(19-17-31)27(33)20-35-24-12-8-22(9-13-24)28(2,3)4/h6-15H,5,16-20H2,1-4H3. The van der Waals surface area contributed by atoms with Gasteiger partial charge in [0.1, 0.15) is 11.5 Å². The van der Waals surface area contributed by atoms with Crippen molar-refractivity contribution < 1.29 is 14.3 Å². The van der Waals surface area contributed by atoms with E-state index < -0.39 is 0 Å². The number of amides is 1. The molecule has 2 heterocycles. The second-order valence-corrected chi connectivity index (χ2v) is 9.67. The van der Waals surface area contributed by atoms with Gasteiger partial charge in [-0.3, -0.25) is 4.79 Å². The third kappa shape index (κ3) is 6.29. The fourth-order valence-corrected chi connectivity index (χ4v) is 4.01. The molecule has 0 unspecified atom stereocenters. The Balaban J connectivity index is 1.26. The molecule has 1 aliphatic heterocycles. The average Bonchev–Trinajstić information content (AvgIpc) is 2.88. The first-order valence-corrected chi connectivity index (χ1v) is 12.2. The maximum Gasteiger partial charge on any atom is 0.260 e. The van der Waals surface area contributed by atoms with E-state index in [9.17, 15) is 4.79 Å². The van der Waals surface area contributed by atoms with Gasteiger partial charge >= 0.3 is 0 Å². The van der Waals surface area contributed by atoms with Gasteiger partial charge < -0.3 is 19.3 Å². The molecule has 35 heavy (non-hydrogen) atoms. The van der Waals surface area contributed by atoms with Gasteiger partial charge in [-0.05, 0) is 66.4 Å².